The molecule has 1 saturated heterocycles. The number of hydrogen-bond donors (Lipinski definition) is 2. The monoisotopic (exact) mass is 363 g/mol. The highest BCUT2D eigenvalue weighted by atomic mass is 16.6. The number of carboxylic acids is 1. The first-order valence-electron chi connectivity index (χ1n) is 8.51. The van der Waals surface area contributed by atoms with Gasteiger partial charge >= 0.3 is 11.9 Å². The van der Waals surface area contributed by atoms with Gasteiger partial charge in [0, 0.05) is 6.08 Å². The lowest BCUT2D eigenvalue weighted by molar-refractivity contribution is -0.166. The molecular weight excluding hydrogens is 338 g/mol. The van der Waals surface area contributed by atoms with Gasteiger partial charge in [-0.05, 0) is 63.6 Å². The Bertz CT molecular complexity index is 677. The largest absolute Gasteiger partial charge is 0.493 e. The minimum atomic E-state index is -1.09. The van der Waals surface area contributed by atoms with Crippen LogP contribution >= 0.6 is 0 Å². The molecule has 0 atom stereocenters. The van der Waals surface area contributed by atoms with Crippen LogP contribution in [0.4, 0.5) is 0 Å². The van der Waals surface area contributed by atoms with E-state index < -0.39 is 17.5 Å². The molecule has 2 rings (SSSR count). The van der Waals surface area contributed by atoms with Crippen LogP contribution in [0.25, 0.3) is 6.08 Å². The maximum absolute atomic E-state index is 12.6. The summed E-state index contributed by atoms with van der Waals surface area (Å²) in [6.45, 7) is 5.12. The van der Waals surface area contributed by atoms with Gasteiger partial charge in [-0.25, -0.2) is 9.59 Å². The molecule has 1 aromatic carbocycles. The second kappa shape index (κ2) is 8.82. The predicted octanol–water partition coefficient (Wildman–Crippen LogP) is 2.25. The lowest BCUT2D eigenvalue weighted by Crippen LogP contribution is -2.44. The summed E-state index contributed by atoms with van der Waals surface area (Å²) in [5.41, 5.74) is -0.469. The fraction of sp³-hybridized carbons (Fsp3) is 0.474. The molecule has 7 heteroatoms. The Kier molecular flexibility index (Phi) is 6.76. The van der Waals surface area contributed by atoms with Crippen molar-refractivity contribution in [1.29, 1.82) is 0 Å². The van der Waals surface area contributed by atoms with Crippen molar-refractivity contribution in [3.63, 3.8) is 0 Å². The summed E-state index contributed by atoms with van der Waals surface area (Å²) in [5, 5.41) is 11.9. The van der Waals surface area contributed by atoms with Gasteiger partial charge in [0.1, 0.15) is 0 Å². The number of hydrogen-bond acceptors (Lipinski definition) is 6. The number of ether oxygens (including phenoxy) is 3. The lowest BCUT2D eigenvalue weighted by Gasteiger charge is -2.31. The van der Waals surface area contributed by atoms with Crippen molar-refractivity contribution >= 4 is 18.0 Å². The maximum Gasteiger partial charge on any atom is 0.343 e. The van der Waals surface area contributed by atoms with Gasteiger partial charge in [-0.2, -0.15) is 0 Å². The van der Waals surface area contributed by atoms with Crippen molar-refractivity contribution in [1.82, 2.24) is 5.32 Å². The minimum Gasteiger partial charge on any atom is -0.493 e. The highest BCUT2D eigenvalue weighted by Crippen LogP contribution is 2.30. The van der Waals surface area contributed by atoms with Crippen LogP contribution < -0.4 is 14.8 Å². The number of benzene rings is 1. The number of piperidine rings is 1. The standard InChI is InChI=1S/C19H25NO6/c1-19(2,26-14-8-10-20-11-9-14)18(23)25-15-6-4-13(5-7-17(21)22)12-16(15)24-3/h4-7,12,14,20H,8-11H2,1-3H3,(H,21,22)/b7-5+. The molecule has 0 aliphatic carbocycles. The molecule has 2 N–H and O–H groups in total. The van der Waals surface area contributed by atoms with Crippen LogP contribution in [-0.2, 0) is 14.3 Å². The van der Waals surface area contributed by atoms with E-state index in [1.165, 1.54) is 13.2 Å². The molecule has 7 nitrogen and oxygen atoms in total. The highest BCUT2D eigenvalue weighted by Gasteiger charge is 2.34. The average molecular weight is 363 g/mol. The summed E-state index contributed by atoms with van der Waals surface area (Å²) < 4.78 is 16.7. The number of methoxy groups -OCH3 is 1. The fourth-order valence-electron chi connectivity index (χ4n) is 2.64. The van der Waals surface area contributed by atoms with Crippen molar-refractivity contribution in [3.05, 3.63) is 29.8 Å². The van der Waals surface area contributed by atoms with Crippen molar-refractivity contribution in [2.24, 2.45) is 0 Å². The Balaban J connectivity index is 2.07. The van der Waals surface area contributed by atoms with Crippen molar-refractivity contribution in [2.75, 3.05) is 20.2 Å². The van der Waals surface area contributed by atoms with Gasteiger partial charge in [0.2, 0.25) is 0 Å². The zero-order valence-corrected chi connectivity index (χ0v) is 15.3. The van der Waals surface area contributed by atoms with Gasteiger partial charge in [-0.1, -0.05) is 6.07 Å². The number of rotatable bonds is 7. The minimum absolute atomic E-state index is 0.0178. The Morgan fingerprint density at radius 1 is 1.23 bits per heavy atom. The SMILES string of the molecule is COc1cc(/C=C/C(=O)O)ccc1OC(=O)C(C)(C)OC1CCNCC1. The molecule has 0 saturated carbocycles. The molecule has 0 bridgehead atoms. The highest BCUT2D eigenvalue weighted by molar-refractivity contribution is 5.85. The smallest absolute Gasteiger partial charge is 0.343 e. The summed E-state index contributed by atoms with van der Waals surface area (Å²) in [6, 6.07) is 4.81. The van der Waals surface area contributed by atoms with Crippen LogP contribution in [0.2, 0.25) is 0 Å². The van der Waals surface area contributed by atoms with Gasteiger partial charge in [0.15, 0.2) is 17.1 Å². The van der Waals surface area contributed by atoms with Gasteiger partial charge in [-0.15, -0.1) is 0 Å². The molecule has 26 heavy (non-hydrogen) atoms. The van der Waals surface area contributed by atoms with Crippen LogP contribution in [-0.4, -0.2) is 48.9 Å². The summed E-state index contributed by atoms with van der Waals surface area (Å²) >= 11 is 0. The number of esters is 1. The third kappa shape index (κ3) is 5.57. The van der Waals surface area contributed by atoms with E-state index in [1.807, 2.05) is 0 Å². The first kappa shape index (κ1) is 19.9. The molecule has 1 aromatic rings. The van der Waals surface area contributed by atoms with E-state index in [0.717, 1.165) is 32.0 Å². The van der Waals surface area contributed by atoms with Crippen LogP contribution in [0.15, 0.2) is 24.3 Å². The van der Waals surface area contributed by atoms with Gasteiger partial charge in [0.05, 0.1) is 13.2 Å². The molecular formula is C19H25NO6. The van der Waals surface area contributed by atoms with E-state index in [1.54, 1.807) is 32.0 Å². The summed E-state index contributed by atoms with van der Waals surface area (Å²) in [6.07, 6.45) is 4.18. The number of carbonyl (C=O) groups is 2. The maximum atomic E-state index is 12.6. The quantitative estimate of drug-likeness (QED) is 0.436. The van der Waals surface area contributed by atoms with Crippen LogP contribution in [0, 0.1) is 0 Å². The topological polar surface area (TPSA) is 94.1 Å². The first-order chi connectivity index (χ1) is 12.3. The third-order valence-corrected chi connectivity index (χ3v) is 4.05. The summed E-state index contributed by atoms with van der Waals surface area (Å²) in [4.78, 5) is 23.2. The average Bonchev–Trinajstić information content (AvgIpc) is 2.61. The summed E-state index contributed by atoms with van der Waals surface area (Å²) in [5.74, 6) is -0.963. The number of carbonyl (C=O) groups excluding carboxylic acids is 1. The molecule has 0 aromatic heterocycles. The van der Waals surface area contributed by atoms with E-state index in [4.69, 9.17) is 19.3 Å². The van der Waals surface area contributed by atoms with Crippen molar-refractivity contribution < 1.29 is 28.9 Å². The number of nitrogens with one attached hydrogen (secondary N) is 1. The van der Waals surface area contributed by atoms with Crippen molar-refractivity contribution in [2.45, 2.75) is 38.4 Å². The Labute approximate surface area is 152 Å². The molecule has 0 amide bonds. The molecule has 1 fully saturated rings. The molecule has 142 valence electrons. The van der Waals surface area contributed by atoms with E-state index in [-0.39, 0.29) is 11.9 Å². The Morgan fingerprint density at radius 2 is 1.92 bits per heavy atom. The molecule has 1 heterocycles. The molecule has 0 spiro atoms. The molecule has 1 aliphatic rings. The lowest BCUT2D eigenvalue weighted by atomic mass is 10.1. The second-order valence-corrected chi connectivity index (χ2v) is 6.55. The van der Waals surface area contributed by atoms with Gasteiger partial charge in [-0.3, -0.25) is 0 Å². The second-order valence-electron chi connectivity index (χ2n) is 6.55. The van der Waals surface area contributed by atoms with Crippen LogP contribution in [0.3, 0.4) is 0 Å². The Hall–Kier alpha value is -2.38. The number of carboxylic acid groups (broad SMARTS) is 1. The van der Waals surface area contributed by atoms with E-state index >= 15 is 0 Å². The van der Waals surface area contributed by atoms with Crippen LogP contribution in [0.1, 0.15) is 32.3 Å². The van der Waals surface area contributed by atoms with Crippen LogP contribution in [0.5, 0.6) is 11.5 Å². The predicted molar refractivity (Wildman–Crippen MR) is 96.4 cm³/mol. The normalized spacial score (nSPS) is 15.8. The molecule has 0 radical (unpaired) electrons. The van der Waals surface area contributed by atoms with Gasteiger partial charge < -0.3 is 24.6 Å². The van der Waals surface area contributed by atoms with E-state index in [9.17, 15) is 9.59 Å². The Morgan fingerprint density at radius 3 is 2.54 bits per heavy atom. The van der Waals surface area contributed by atoms with E-state index in [0.29, 0.717) is 11.3 Å². The first-order valence-corrected chi connectivity index (χ1v) is 8.51. The summed E-state index contributed by atoms with van der Waals surface area (Å²) in [7, 11) is 1.45. The van der Waals surface area contributed by atoms with E-state index in [2.05, 4.69) is 5.32 Å². The third-order valence-electron chi connectivity index (χ3n) is 4.05. The zero-order chi connectivity index (χ0) is 19.2. The van der Waals surface area contributed by atoms with Gasteiger partial charge in [0.25, 0.3) is 0 Å². The molecule has 0 unspecified atom stereocenters. The fourth-order valence-corrected chi connectivity index (χ4v) is 2.64. The molecule has 1 aliphatic heterocycles. The number of aliphatic carboxylic acids is 1. The zero-order valence-electron chi connectivity index (χ0n) is 15.3. The van der Waals surface area contributed by atoms with Crippen molar-refractivity contribution in [3.8, 4) is 11.5 Å².